The molecule has 6 heteroatoms. The molecule has 0 bridgehead atoms. The Morgan fingerprint density at radius 2 is 1.72 bits per heavy atom. The van der Waals surface area contributed by atoms with Crippen LogP contribution in [0.5, 0.6) is 0 Å². The van der Waals surface area contributed by atoms with Crippen molar-refractivity contribution in [2.45, 2.75) is 18.9 Å². The number of carbonyl (C=O) groups excluding carboxylic acids is 1. The highest BCUT2D eigenvalue weighted by Crippen LogP contribution is 2.32. The second kappa shape index (κ2) is 6.98. The van der Waals surface area contributed by atoms with E-state index in [4.69, 9.17) is 0 Å². The summed E-state index contributed by atoms with van der Waals surface area (Å²) in [6.07, 6.45) is 2.92. The number of anilines is 1. The van der Waals surface area contributed by atoms with E-state index in [9.17, 15) is 13.2 Å². The summed E-state index contributed by atoms with van der Waals surface area (Å²) in [7, 11) is -2.07. The molecular weight excluding hydrogens is 336 g/mol. The van der Waals surface area contributed by atoms with E-state index < -0.39 is 16.1 Å². The van der Waals surface area contributed by atoms with Gasteiger partial charge in [0.15, 0.2) is 0 Å². The van der Waals surface area contributed by atoms with Crippen molar-refractivity contribution in [2.75, 3.05) is 24.7 Å². The molecule has 0 saturated carbocycles. The van der Waals surface area contributed by atoms with Gasteiger partial charge in [-0.1, -0.05) is 48.5 Å². The maximum Gasteiger partial charge on any atom is 0.249 e. The summed E-state index contributed by atoms with van der Waals surface area (Å²) >= 11 is 0. The van der Waals surface area contributed by atoms with Crippen LogP contribution in [0.2, 0.25) is 0 Å². The van der Waals surface area contributed by atoms with Gasteiger partial charge in [-0.05, 0) is 30.0 Å². The largest absolute Gasteiger partial charge is 0.310 e. The summed E-state index contributed by atoms with van der Waals surface area (Å²) in [6, 6.07) is 16.0. The molecule has 0 spiro atoms. The third-order valence-electron chi connectivity index (χ3n) is 4.61. The Kier molecular flexibility index (Phi) is 4.92. The first kappa shape index (κ1) is 17.6. The number of likely N-dealkylation sites (N-methyl/N-ethyl adjacent to an activating group) is 1. The Morgan fingerprint density at radius 3 is 2.40 bits per heavy atom. The maximum absolute atomic E-state index is 13.4. The Morgan fingerprint density at radius 1 is 1.08 bits per heavy atom. The van der Waals surface area contributed by atoms with E-state index >= 15 is 0 Å². The molecule has 25 heavy (non-hydrogen) atoms. The predicted octanol–water partition coefficient (Wildman–Crippen LogP) is 2.60. The van der Waals surface area contributed by atoms with Crippen LogP contribution in [0, 0.1) is 0 Å². The lowest BCUT2D eigenvalue weighted by molar-refractivity contribution is -0.122. The molecule has 1 amide bonds. The first-order chi connectivity index (χ1) is 11.9. The van der Waals surface area contributed by atoms with Crippen molar-refractivity contribution in [1.82, 2.24) is 4.31 Å². The van der Waals surface area contributed by atoms with E-state index in [1.54, 1.807) is 17.0 Å². The molecule has 3 rings (SSSR count). The summed E-state index contributed by atoms with van der Waals surface area (Å²) in [5, 5.41) is 0. The number of para-hydroxylation sites is 1. The molecule has 2 aromatic rings. The summed E-state index contributed by atoms with van der Waals surface area (Å²) in [4.78, 5) is 15.1. The van der Waals surface area contributed by atoms with Crippen LogP contribution in [0.3, 0.4) is 0 Å². The van der Waals surface area contributed by atoms with Gasteiger partial charge in [0.05, 0.1) is 6.26 Å². The minimum absolute atomic E-state index is 0.216. The molecule has 1 unspecified atom stereocenters. The maximum atomic E-state index is 13.4. The Bertz CT molecular complexity index is 865. The van der Waals surface area contributed by atoms with Gasteiger partial charge in [-0.2, -0.15) is 4.31 Å². The minimum atomic E-state index is -3.53. The highest BCUT2D eigenvalue weighted by Gasteiger charge is 2.35. The summed E-state index contributed by atoms with van der Waals surface area (Å²) in [5.41, 5.74) is 2.67. The van der Waals surface area contributed by atoms with Crippen molar-refractivity contribution in [3.63, 3.8) is 0 Å². The lowest BCUT2D eigenvalue weighted by atomic mass is 9.99. The van der Waals surface area contributed by atoms with Crippen molar-refractivity contribution >= 4 is 21.6 Å². The number of hydrogen-bond donors (Lipinski definition) is 0. The zero-order valence-electron chi connectivity index (χ0n) is 14.4. The molecule has 1 heterocycles. The molecule has 0 aromatic heterocycles. The Hall–Kier alpha value is -2.18. The monoisotopic (exact) mass is 358 g/mol. The number of nitrogens with zero attached hydrogens (tertiary/aromatic N) is 2. The molecule has 1 atom stereocenters. The van der Waals surface area contributed by atoms with E-state index in [1.165, 1.54) is 7.05 Å². The second-order valence-electron chi connectivity index (χ2n) is 6.31. The van der Waals surface area contributed by atoms with Crippen LogP contribution < -0.4 is 4.90 Å². The van der Waals surface area contributed by atoms with Crippen molar-refractivity contribution < 1.29 is 13.2 Å². The number of benzene rings is 2. The second-order valence-corrected chi connectivity index (χ2v) is 8.36. The average molecular weight is 358 g/mol. The van der Waals surface area contributed by atoms with Crippen LogP contribution >= 0.6 is 0 Å². The number of sulfonamides is 1. The fraction of sp³-hybridized carbons (Fsp3) is 0.316. The molecule has 2 aromatic carbocycles. The van der Waals surface area contributed by atoms with Gasteiger partial charge in [-0.15, -0.1) is 0 Å². The normalized spacial score (nSPS) is 15.7. The molecular formula is C19H22N2O3S. The highest BCUT2D eigenvalue weighted by atomic mass is 32.2. The molecule has 0 N–H and O–H groups in total. The fourth-order valence-electron chi connectivity index (χ4n) is 3.24. The van der Waals surface area contributed by atoms with Crippen LogP contribution in [-0.2, 0) is 21.2 Å². The topological polar surface area (TPSA) is 57.7 Å². The number of carbonyl (C=O) groups is 1. The van der Waals surface area contributed by atoms with Gasteiger partial charge in [0, 0.05) is 19.3 Å². The van der Waals surface area contributed by atoms with E-state index in [2.05, 4.69) is 0 Å². The van der Waals surface area contributed by atoms with Crippen LogP contribution in [0.15, 0.2) is 54.6 Å². The third kappa shape index (κ3) is 3.60. The van der Waals surface area contributed by atoms with Gasteiger partial charge >= 0.3 is 0 Å². The Balaban J connectivity index is 2.04. The van der Waals surface area contributed by atoms with Gasteiger partial charge in [-0.3, -0.25) is 4.79 Å². The fourth-order valence-corrected chi connectivity index (χ4v) is 3.84. The number of aryl methyl sites for hydroxylation is 1. The van der Waals surface area contributed by atoms with Gasteiger partial charge < -0.3 is 4.90 Å². The number of rotatable bonds is 4. The summed E-state index contributed by atoms with van der Waals surface area (Å²) < 4.78 is 25.4. The zero-order valence-corrected chi connectivity index (χ0v) is 15.2. The van der Waals surface area contributed by atoms with Crippen LogP contribution in [0.1, 0.15) is 23.6 Å². The lowest BCUT2D eigenvalue weighted by Gasteiger charge is -2.35. The van der Waals surface area contributed by atoms with Gasteiger partial charge in [0.25, 0.3) is 0 Å². The first-order valence-electron chi connectivity index (χ1n) is 8.27. The van der Waals surface area contributed by atoms with E-state index in [1.807, 2.05) is 42.5 Å². The molecule has 0 aliphatic carbocycles. The number of hydrogen-bond acceptors (Lipinski definition) is 3. The zero-order chi connectivity index (χ0) is 18.0. The number of amides is 1. The quantitative estimate of drug-likeness (QED) is 0.844. The van der Waals surface area contributed by atoms with E-state index in [-0.39, 0.29) is 5.91 Å². The summed E-state index contributed by atoms with van der Waals surface area (Å²) in [5.74, 6) is -0.216. The van der Waals surface area contributed by atoms with Crippen molar-refractivity contribution in [3.05, 3.63) is 65.7 Å². The SMILES string of the molecule is CN(C(C(=O)N1CCCc2ccccc21)c1ccccc1)S(C)(=O)=O. The van der Waals surface area contributed by atoms with Crippen LogP contribution in [0.4, 0.5) is 5.69 Å². The molecule has 0 radical (unpaired) electrons. The van der Waals surface area contributed by atoms with E-state index in [0.717, 1.165) is 34.7 Å². The molecule has 132 valence electrons. The van der Waals surface area contributed by atoms with Crippen LogP contribution in [-0.4, -0.2) is 38.5 Å². The average Bonchev–Trinajstić information content (AvgIpc) is 2.61. The molecule has 1 aliphatic heterocycles. The molecule has 1 aliphatic rings. The minimum Gasteiger partial charge on any atom is -0.310 e. The van der Waals surface area contributed by atoms with Gasteiger partial charge in [0.2, 0.25) is 15.9 Å². The predicted molar refractivity (Wildman–Crippen MR) is 98.9 cm³/mol. The number of fused-ring (bicyclic) bond motifs is 1. The molecule has 0 fully saturated rings. The standard InChI is InChI=1S/C19H22N2O3S/c1-20(25(2,23)24)18(16-10-4-3-5-11-16)19(22)21-14-8-12-15-9-6-7-13-17(15)21/h3-7,9-11,13,18H,8,12,14H2,1-2H3. The Labute approximate surface area is 148 Å². The highest BCUT2D eigenvalue weighted by molar-refractivity contribution is 7.88. The van der Waals surface area contributed by atoms with Crippen LogP contribution in [0.25, 0.3) is 0 Å². The third-order valence-corrected chi connectivity index (χ3v) is 5.87. The smallest absolute Gasteiger partial charge is 0.249 e. The van der Waals surface area contributed by atoms with Crippen molar-refractivity contribution in [1.29, 1.82) is 0 Å². The van der Waals surface area contributed by atoms with Gasteiger partial charge in [0.1, 0.15) is 6.04 Å². The summed E-state index contributed by atoms with van der Waals surface area (Å²) in [6.45, 7) is 0.594. The van der Waals surface area contributed by atoms with Crippen molar-refractivity contribution in [3.8, 4) is 0 Å². The molecule has 0 saturated heterocycles. The first-order valence-corrected chi connectivity index (χ1v) is 10.1. The lowest BCUT2D eigenvalue weighted by Crippen LogP contribution is -2.45. The van der Waals surface area contributed by atoms with E-state index in [0.29, 0.717) is 12.1 Å². The van der Waals surface area contributed by atoms with Crippen molar-refractivity contribution in [2.24, 2.45) is 0 Å². The molecule has 5 nitrogen and oxygen atoms in total. The van der Waals surface area contributed by atoms with Gasteiger partial charge in [-0.25, -0.2) is 8.42 Å².